The number of carbonyl (C=O) groups is 1. The molecule has 1 saturated carbocycles. The van der Waals surface area contributed by atoms with Gasteiger partial charge in [-0.15, -0.1) is 0 Å². The average Bonchev–Trinajstić information content (AvgIpc) is 2.81. The summed E-state index contributed by atoms with van der Waals surface area (Å²) >= 11 is 3.09. The van der Waals surface area contributed by atoms with E-state index in [1.54, 1.807) is 0 Å². The molecule has 0 radical (unpaired) electrons. The monoisotopic (exact) mass is 313 g/mol. The van der Waals surface area contributed by atoms with Crippen LogP contribution in [0.25, 0.3) is 0 Å². The Morgan fingerprint density at radius 2 is 2.06 bits per heavy atom. The zero-order chi connectivity index (χ0) is 13.1. The van der Waals surface area contributed by atoms with Crippen LogP contribution in [0.2, 0.25) is 0 Å². The smallest absolute Gasteiger partial charge is 0.339 e. The van der Waals surface area contributed by atoms with Gasteiger partial charge in [0.15, 0.2) is 0 Å². The molecule has 96 valence electrons. The van der Waals surface area contributed by atoms with Crippen LogP contribution in [0, 0.1) is 10.1 Å². The molecule has 1 aliphatic carbocycles. The highest BCUT2D eigenvalue weighted by molar-refractivity contribution is 9.10. The average molecular weight is 314 g/mol. The van der Waals surface area contributed by atoms with E-state index in [1.165, 1.54) is 18.2 Å². The first-order chi connectivity index (χ1) is 8.59. The van der Waals surface area contributed by atoms with Crippen molar-refractivity contribution in [2.45, 2.75) is 31.8 Å². The maximum atomic E-state index is 11.9. The number of ether oxygens (including phenoxy) is 1. The molecule has 0 unspecified atom stereocenters. The molecule has 0 aromatic heterocycles. The summed E-state index contributed by atoms with van der Waals surface area (Å²) in [6, 6.07) is 4.35. The largest absolute Gasteiger partial charge is 0.459 e. The molecule has 0 bridgehead atoms. The molecular formula is C12H12BrNO4. The predicted molar refractivity (Wildman–Crippen MR) is 68.5 cm³/mol. The normalized spacial score (nSPS) is 15.6. The Kier molecular flexibility index (Phi) is 3.96. The number of rotatable bonds is 3. The highest BCUT2D eigenvalue weighted by Crippen LogP contribution is 2.30. The Labute approximate surface area is 112 Å². The van der Waals surface area contributed by atoms with Gasteiger partial charge in [-0.2, -0.15) is 0 Å². The van der Waals surface area contributed by atoms with E-state index >= 15 is 0 Å². The van der Waals surface area contributed by atoms with Gasteiger partial charge >= 0.3 is 5.97 Å². The number of hydrogen-bond donors (Lipinski definition) is 0. The van der Waals surface area contributed by atoms with Crippen molar-refractivity contribution in [1.82, 2.24) is 0 Å². The molecule has 1 aliphatic rings. The summed E-state index contributed by atoms with van der Waals surface area (Å²) < 4.78 is 5.50. The molecule has 6 heteroatoms. The second-order valence-corrected chi connectivity index (χ2v) is 5.00. The van der Waals surface area contributed by atoms with Gasteiger partial charge in [0.05, 0.1) is 10.5 Å². The number of hydrogen-bond acceptors (Lipinski definition) is 4. The van der Waals surface area contributed by atoms with Crippen LogP contribution in [-0.2, 0) is 4.74 Å². The van der Waals surface area contributed by atoms with Crippen molar-refractivity contribution in [3.8, 4) is 0 Å². The van der Waals surface area contributed by atoms with Crippen molar-refractivity contribution >= 4 is 27.6 Å². The van der Waals surface area contributed by atoms with Crippen LogP contribution >= 0.6 is 15.9 Å². The zero-order valence-electron chi connectivity index (χ0n) is 9.60. The Bertz CT molecular complexity index is 483. The van der Waals surface area contributed by atoms with Gasteiger partial charge in [-0.3, -0.25) is 10.1 Å². The van der Waals surface area contributed by atoms with Crippen molar-refractivity contribution in [1.29, 1.82) is 0 Å². The van der Waals surface area contributed by atoms with E-state index in [-0.39, 0.29) is 21.8 Å². The summed E-state index contributed by atoms with van der Waals surface area (Å²) in [5, 5.41) is 10.8. The molecule has 5 nitrogen and oxygen atoms in total. The molecule has 1 aromatic carbocycles. The fourth-order valence-electron chi connectivity index (χ4n) is 2.04. The molecule has 1 fully saturated rings. The molecule has 0 saturated heterocycles. The standard InChI is InChI=1S/C12H12BrNO4/c13-11-9(6-3-7-10(11)14(16)17)12(15)18-8-4-1-2-5-8/h3,6-8H,1-2,4-5H2. The van der Waals surface area contributed by atoms with E-state index in [9.17, 15) is 14.9 Å². The number of carbonyl (C=O) groups excluding carboxylic acids is 1. The van der Waals surface area contributed by atoms with E-state index in [0.29, 0.717) is 0 Å². The third-order valence-corrected chi connectivity index (χ3v) is 3.80. The lowest BCUT2D eigenvalue weighted by atomic mass is 10.2. The second-order valence-electron chi connectivity index (χ2n) is 4.21. The minimum absolute atomic E-state index is 0.0522. The summed E-state index contributed by atoms with van der Waals surface area (Å²) in [5.74, 6) is -0.502. The molecule has 0 heterocycles. The van der Waals surface area contributed by atoms with Crippen LogP contribution in [0.15, 0.2) is 22.7 Å². The fraction of sp³-hybridized carbons (Fsp3) is 0.417. The third-order valence-electron chi connectivity index (χ3n) is 2.97. The Morgan fingerprint density at radius 3 is 2.67 bits per heavy atom. The van der Waals surface area contributed by atoms with Gasteiger partial charge in [-0.25, -0.2) is 4.79 Å². The molecule has 1 aromatic rings. The van der Waals surface area contributed by atoms with Crippen LogP contribution in [-0.4, -0.2) is 17.0 Å². The van der Waals surface area contributed by atoms with Gasteiger partial charge in [-0.1, -0.05) is 6.07 Å². The van der Waals surface area contributed by atoms with E-state index in [2.05, 4.69) is 15.9 Å². The van der Waals surface area contributed by atoms with Crippen LogP contribution in [0.3, 0.4) is 0 Å². The minimum Gasteiger partial charge on any atom is -0.459 e. The van der Waals surface area contributed by atoms with Crippen molar-refractivity contribution in [2.24, 2.45) is 0 Å². The zero-order valence-corrected chi connectivity index (χ0v) is 11.2. The molecule has 2 rings (SSSR count). The quantitative estimate of drug-likeness (QED) is 0.487. The van der Waals surface area contributed by atoms with Crippen LogP contribution in [0.1, 0.15) is 36.0 Å². The van der Waals surface area contributed by atoms with Gasteiger partial charge in [0.1, 0.15) is 10.6 Å². The lowest BCUT2D eigenvalue weighted by molar-refractivity contribution is -0.385. The molecule has 0 amide bonds. The number of nitro groups is 1. The number of nitro benzene ring substituents is 1. The van der Waals surface area contributed by atoms with Gasteiger partial charge in [-0.05, 0) is 47.7 Å². The Hall–Kier alpha value is -1.43. The first-order valence-electron chi connectivity index (χ1n) is 5.73. The summed E-state index contributed by atoms with van der Waals surface area (Å²) in [7, 11) is 0. The maximum absolute atomic E-state index is 11.9. The third kappa shape index (κ3) is 2.69. The van der Waals surface area contributed by atoms with Crippen LogP contribution < -0.4 is 0 Å². The van der Waals surface area contributed by atoms with E-state index < -0.39 is 10.9 Å². The van der Waals surface area contributed by atoms with Gasteiger partial charge in [0.25, 0.3) is 5.69 Å². The van der Waals surface area contributed by atoms with Gasteiger partial charge in [0, 0.05) is 6.07 Å². The number of halogens is 1. The van der Waals surface area contributed by atoms with Crippen LogP contribution in [0.5, 0.6) is 0 Å². The van der Waals surface area contributed by atoms with Crippen molar-refractivity contribution in [2.75, 3.05) is 0 Å². The summed E-state index contributed by atoms with van der Waals surface area (Å²) in [5.41, 5.74) is 0.0759. The summed E-state index contributed by atoms with van der Waals surface area (Å²) in [6.45, 7) is 0. The molecule has 0 atom stereocenters. The molecule has 0 spiro atoms. The van der Waals surface area contributed by atoms with E-state index in [1.807, 2.05) is 0 Å². The molecule has 0 N–H and O–H groups in total. The Balaban J connectivity index is 2.19. The maximum Gasteiger partial charge on any atom is 0.339 e. The minimum atomic E-state index is -0.531. The highest BCUT2D eigenvalue weighted by atomic mass is 79.9. The van der Waals surface area contributed by atoms with E-state index in [4.69, 9.17) is 4.74 Å². The molecule has 18 heavy (non-hydrogen) atoms. The molecule has 0 aliphatic heterocycles. The lowest BCUT2D eigenvalue weighted by Gasteiger charge is -2.11. The lowest BCUT2D eigenvalue weighted by Crippen LogP contribution is -2.15. The predicted octanol–water partition coefficient (Wildman–Crippen LogP) is 3.46. The number of esters is 1. The van der Waals surface area contributed by atoms with Crippen LogP contribution in [0.4, 0.5) is 5.69 Å². The summed E-state index contributed by atoms with van der Waals surface area (Å²) in [4.78, 5) is 22.2. The van der Waals surface area contributed by atoms with Gasteiger partial charge in [0.2, 0.25) is 0 Å². The first-order valence-corrected chi connectivity index (χ1v) is 6.53. The van der Waals surface area contributed by atoms with Gasteiger partial charge < -0.3 is 4.74 Å². The fourth-order valence-corrected chi connectivity index (χ4v) is 2.61. The second kappa shape index (κ2) is 5.48. The van der Waals surface area contributed by atoms with Crippen molar-refractivity contribution < 1.29 is 14.5 Å². The summed E-state index contributed by atoms with van der Waals surface area (Å²) in [6.07, 6.45) is 3.82. The SMILES string of the molecule is O=C(OC1CCCC1)c1cccc([N+](=O)[O-])c1Br. The topological polar surface area (TPSA) is 69.4 Å². The van der Waals surface area contributed by atoms with Crippen molar-refractivity contribution in [3.05, 3.63) is 38.3 Å². The first kappa shape index (κ1) is 13.0. The molecular weight excluding hydrogens is 302 g/mol. The van der Waals surface area contributed by atoms with E-state index in [0.717, 1.165) is 25.7 Å². The van der Waals surface area contributed by atoms with Crippen molar-refractivity contribution in [3.63, 3.8) is 0 Å². The number of nitrogens with zero attached hydrogens (tertiary/aromatic N) is 1. The Morgan fingerprint density at radius 1 is 1.39 bits per heavy atom. The highest BCUT2D eigenvalue weighted by Gasteiger charge is 2.24. The number of benzene rings is 1.